The van der Waals surface area contributed by atoms with E-state index < -0.39 is 11.9 Å². The van der Waals surface area contributed by atoms with Crippen molar-refractivity contribution in [2.45, 2.75) is 38.6 Å². The fourth-order valence-corrected chi connectivity index (χ4v) is 2.10. The zero-order valence-corrected chi connectivity index (χ0v) is 12.0. The molecule has 1 aliphatic rings. The highest BCUT2D eigenvalue weighted by Crippen LogP contribution is 2.09. The summed E-state index contributed by atoms with van der Waals surface area (Å²) in [7, 11) is 1.72. The molecular weight excluding hydrogens is 262 g/mol. The fourth-order valence-electron chi connectivity index (χ4n) is 2.10. The van der Waals surface area contributed by atoms with Gasteiger partial charge in [0.1, 0.15) is 0 Å². The molecule has 0 saturated carbocycles. The van der Waals surface area contributed by atoms with E-state index in [1.54, 1.807) is 18.9 Å². The van der Waals surface area contributed by atoms with Crippen LogP contribution in [0.4, 0.5) is 4.79 Å². The number of likely N-dealkylation sites (N-methyl/N-ethyl adjacent to an activating group) is 1. The third kappa shape index (κ3) is 5.46. The van der Waals surface area contributed by atoms with Crippen molar-refractivity contribution in [3.8, 4) is 0 Å². The molecule has 7 heteroatoms. The lowest BCUT2D eigenvalue weighted by atomic mass is 10.1. The molecule has 1 fully saturated rings. The van der Waals surface area contributed by atoms with Crippen LogP contribution in [0.1, 0.15) is 32.6 Å². The van der Waals surface area contributed by atoms with E-state index in [0.717, 1.165) is 0 Å². The zero-order valence-electron chi connectivity index (χ0n) is 12.0. The Morgan fingerprint density at radius 3 is 2.80 bits per heavy atom. The molecule has 0 aliphatic carbocycles. The number of carboxylic acid groups (broad SMARTS) is 1. The Morgan fingerprint density at radius 2 is 2.20 bits per heavy atom. The molecule has 2 unspecified atom stereocenters. The number of carboxylic acids is 1. The van der Waals surface area contributed by atoms with Gasteiger partial charge in [0.25, 0.3) is 0 Å². The van der Waals surface area contributed by atoms with E-state index in [-0.39, 0.29) is 18.0 Å². The number of nitrogens with one attached hydrogen (secondary N) is 2. The first-order chi connectivity index (χ1) is 9.40. The summed E-state index contributed by atoms with van der Waals surface area (Å²) in [5.74, 6) is -1.10. The summed E-state index contributed by atoms with van der Waals surface area (Å²) in [6.45, 7) is 2.63. The second-order valence-electron chi connectivity index (χ2n) is 5.29. The lowest BCUT2D eigenvalue weighted by Gasteiger charge is -2.30. The molecule has 0 radical (unpaired) electrons. The smallest absolute Gasteiger partial charge is 0.315 e. The first kappa shape index (κ1) is 16.3. The molecule has 3 amide bonds. The number of likely N-dealkylation sites (tertiary alicyclic amines) is 1. The minimum atomic E-state index is -0.815. The summed E-state index contributed by atoms with van der Waals surface area (Å²) >= 11 is 0. The minimum absolute atomic E-state index is 0.0179. The van der Waals surface area contributed by atoms with Gasteiger partial charge in [-0.3, -0.25) is 9.59 Å². The highest BCUT2D eigenvalue weighted by Gasteiger charge is 2.23. The zero-order chi connectivity index (χ0) is 15.1. The van der Waals surface area contributed by atoms with Crippen molar-refractivity contribution in [1.29, 1.82) is 0 Å². The van der Waals surface area contributed by atoms with E-state index in [1.165, 1.54) is 0 Å². The maximum absolute atomic E-state index is 11.6. The van der Waals surface area contributed by atoms with Crippen molar-refractivity contribution in [3.63, 3.8) is 0 Å². The van der Waals surface area contributed by atoms with Gasteiger partial charge in [-0.2, -0.15) is 0 Å². The molecule has 1 heterocycles. The van der Waals surface area contributed by atoms with Gasteiger partial charge in [0.05, 0.1) is 5.92 Å². The van der Waals surface area contributed by atoms with E-state index in [1.807, 2.05) is 0 Å². The van der Waals surface area contributed by atoms with Crippen LogP contribution >= 0.6 is 0 Å². The standard InChI is InChI=1S/C13H23N3O4/c1-9(12(18)19)4-3-7-14-13(20)15-10-5-6-11(17)16(2)8-10/h9-10H,3-8H2,1-2H3,(H,18,19)(H2,14,15,20). The summed E-state index contributed by atoms with van der Waals surface area (Å²) in [6.07, 6.45) is 2.28. The lowest BCUT2D eigenvalue weighted by molar-refractivity contribution is -0.141. The maximum atomic E-state index is 11.6. The number of hydrogen-bond acceptors (Lipinski definition) is 3. The normalized spacial score (nSPS) is 20.4. The number of piperidine rings is 1. The molecule has 7 nitrogen and oxygen atoms in total. The first-order valence-electron chi connectivity index (χ1n) is 6.91. The molecule has 0 aromatic carbocycles. The average molecular weight is 285 g/mol. The van der Waals surface area contributed by atoms with Gasteiger partial charge < -0.3 is 20.6 Å². The van der Waals surface area contributed by atoms with Crippen LogP contribution in [0.5, 0.6) is 0 Å². The number of carbonyl (C=O) groups excluding carboxylic acids is 2. The number of aliphatic carboxylic acids is 1. The Morgan fingerprint density at radius 1 is 1.50 bits per heavy atom. The first-order valence-corrected chi connectivity index (χ1v) is 6.91. The van der Waals surface area contributed by atoms with E-state index in [0.29, 0.717) is 38.8 Å². The molecule has 1 aliphatic heterocycles. The summed E-state index contributed by atoms with van der Waals surface area (Å²) in [5.41, 5.74) is 0. The summed E-state index contributed by atoms with van der Waals surface area (Å²) < 4.78 is 0. The van der Waals surface area contributed by atoms with Crippen LogP contribution in [-0.2, 0) is 9.59 Å². The highest BCUT2D eigenvalue weighted by molar-refractivity contribution is 5.78. The second kappa shape index (κ2) is 7.72. The number of amides is 3. The van der Waals surface area contributed by atoms with Crippen LogP contribution in [0.2, 0.25) is 0 Å². The van der Waals surface area contributed by atoms with Crippen molar-refractivity contribution in [1.82, 2.24) is 15.5 Å². The average Bonchev–Trinajstić information content (AvgIpc) is 2.38. The van der Waals surface area contributed by atoms with Gasteiger partial charge in [-0.25, -0.2) is 4.79 Å². The van der Waals surface area contributed by atoms with Crippen LogP contribution in [0.3, 0.4) is 0 Å². The van der Waals surface area contributed by atoms with Gasteiger partial charge in [-0.1, -0.05) is 6.92 Å². The molecule has 0 spiro atoms. The van der Waals surface area contributed by atoms with Crippen molar-refractivity contribution in [3.05, 3.63) is 0 Å². The number of urea groups is 1. The van der Waals surface area contributed by atoms with Gasteiger partial charge in [-0.05, 0) is 19.3 Å². The van der Waals surface area contributed by atoms with Crippen molar-refractivity contribution >= 4 is 17.9 Å². The van der Waals surface area contributed by atoms with Crippen LogP contribution in [0, 0.1) is 5.92 Å². The molecule has 3 N–H and O–H groups in total. The van der Waals surface area contributed by atoms with Crippen molar-refractivity contribution in [2.75, 3.05) is 20.1 Å². The molecule has 2 atom stereocenters. The van der Waals surface area contributed by atoms with E-state index in [9.17, 15) is 14.4 Å². The number of rotatable bonds is 6. The quantitative estimate of drug-likeness (QED) is 0.615. The molecule has 1 rings (SSSR count). The largest absolute Gasteiger partial charge is 0.481 e. The second-order valence-corrected chi connectivity index (χ2v) is 5.29. The third-order valence-corrected chi connectivity index (χ3v) is 3.48. The summed E-state index contributed by atoms with van der Waals surface area (Å²) in [5, 5.41) is 14.2. The van der Waals surface area contributed by atoms with Gasteiger partial charge in [0, 0.05) is 32.6 Å². The highest BCUT2D eigenvalue weighted by atomic mass is 16.4. The van der Waals surface area contributed by atoms with Crippen LogP contribution in [-0.4, -0.2) is 54.1 Å². The molecule has 1 saturated heterocycles. The van der Waals surface area contributed by atoms with Crippen molar-refractivity contribution < 1.29 is 19.5 Å². The predicted octanol–water partition coefficient (Wildman–Crippen LogP) is 0.407. The van der Waals surface area contributed by atoms with Crippen molar-refractivity contribution in [2.24, 2.45) is 5.92 Å². The van der Waals surface area contributed by atoms with Gasteiger partial charge in [-0.15, -0.1) is 0 Å². The van der Waals surface area contributed by atoms with E-state index in [4.69, 9.17) is 5.11 Å². The molecule has 20 heavy (non-hydrogen) atoms. The monoisotopic (exact) mass is 285 g/mol. The van der Waals surface area contributed by atoms with Gasteiger partial charge >= 0.3 is 12.0 Å². The van der Waals surface area contributed by atoms with Crippen LogP contribution < -0.4 is 10.6 Å². The molecule has 0 aromatic rings. The SMILES string of the molecule is CC(CCCNC(=O)NC1CCC(=O)N(C)C1)C(=O)O. The predicted molar refractivity (Wildman–Crippen MR) is 73.2 cm³/mol. The Bertz CT molecular complexity index is 373. The molecule has 0 bridgehead atoms. The van der Waals surface area contributed by atoms with Gasteiger partial charge in [0.15, 0.2) is 0 Å². The Kier molecular flexibility index (Phi) is 6.27. The number of carbonyl (C=O) groups is 3. The van der Waals surface area contributed by atoms with E-state index in [2.05, 4.69) is 10.6 Å². The van der Waals surface area contributed by atoms with Crippen LogP contribution in [0.15, 0.2) is 0 Å². The maximum Gasteiger partial charge on any atom is 0.315 e. The Hall–Kier alpha value is -1.79. The summed E-state index contributed by atoms with van der Waals surface area (Å²) in [6, 6.07) is -0.281. The Balaban J connectivity index is 2.14. The molecular formula is C13H23N3O4. The Labute approximate surface area is 118 Å². The lowest BCUT2D eigenvalue weighted by Crippen LogP contribution is -2.51. The molecule has 114 valence electrons. The van der Waals surface area contributed by atoms with E-state index >= 15 is 0 Å². The topological polar surface area (TPSA) is 98.7 Å². The van der Waals surface area contributed by atoms with Crippen LogP contribution in [0.25, 0.3) is 0 Å². The minimum Gasteiger partial charge on any atom is -0.481 e. The molecule has 0 aromatic heterocycles. The summed E-state index contributed by atoms with van der Waals surface area (Å²) in [4.78, 5) is 35.2. The number of nitrogens with zero attached hydrogens (tertiary/aromatic N) is 1. The van der Waals surface area contributed by atoms with Gasteiger partial charge in [0.2, 0.25) is 5.91 Å². The number of hydrogen-bond donors (Lipinski definition) is 3. The third-order valence-electron chi connectivity index (χ3n) is 3.48. The fraction of sp³-hybridized carbons (Fsp3) is 0.769.